The molecular weight excluding hydrogens is 294 g/mol. The maximum atomic E-state index is 11.6. The Kier molecular flexibility index (Phi) is 6.38. The van der Waals surface area contributed by atoms with Crippen molar-refractivity contribution in [3.05, 3.63) is 48.2 Å². The van der Waals surface area contributed by atoms with Crippen LogP contribution >= 0.6 is 0 Å². The Labute approximate surface area is 135 Å². The minimum absolute atomic E-state index is 0.293. The smallest absolute Gasteiger partial charge is 0.319 e. The van der Waals surface area contributed by atoms with Crippen molar-refractivity contribution in [2.24, 2.45) is 0 Å². The number of hydrogen-bond acceptors (Lipinski definition) is 4. The molecular formula is C17H21N3O3. The molecule has 2 rings (SSSR count). The fourth-order valence-corrected chi connectivity index (χ4v) is 1.80. The Hall–Kier alpha value is -2.60. The summed E-state index contributed by atoms with van der Waals surface area (Å²) >= 11 is 0. The summed E-state index contributed by atoms with van der Waals surface area (Å²) in [6, 6.07) is 10.9. The number of benzene rings is 1. The second-order valence-electron chi connectivity index (χ2n) is 4.88. The molecule has 0 saturated heterocycles. The van der Waals surface area contributed by atoms with E-state index in [9.17, 15) is 4.79 Å². The van der Waals surface area contributed by atoms with E-state index in [1.165, 1.54) is 5.56 Å². The summed E-state index contributed by atoms with van der Waals surface area (Å²) in [7, 11) is 0. The third-order valence-corrected chi connectivity index (χ3v) is 2.97. The fourth-order valence-electron chi connectivity index (χ4n) is 1.80. The van der Waals surface area contributed by atoms with E-state index < -0.39 is 0 Å². The largest absolute Gasteiger partial charge is 0.439 e. The SMILES string of the molecule is CCOCCNC(=O)Nc1ccc(Oc2ccc(C)cc2)nc1. The number of hydrogen-bond donors (Lipinski definition) is 2. The van der Waals surface area contributed by atoms with Crippen molar-refractivity contribution in [2.45, 2.75) is 13.8 Å². The zero-order valence-corrected chi connectivity index (χ0v) is 13.3. The van der Waals surface area contributed by atoms with Gasteiger partial charge in [0.15, 0.2) is 0 Å². The molecule has 0 spiro atoms. The summed E-state index contributed by atoms with van der Waals surface area (Å²) < 4.78 is 10.8. The molecule has 2 amide bonds. The molecule has 23 heavy (non-hydrogen) atoms. The third-order valence-electron chi connectivity index (χ3n) is 2.97. The average Bonchev–Trinajstić information content (AvgIpc) is 2.56. The first-order chi connectivity index (χ1) is 11.2. The van der Waals surface area contributed by atoms with Crippen molar-refractivity contribution >= 4 is 11.7 Å². The molecule has 1 aromatic carbocycles. The number of nitrogens with zero attached hydrogens (tertiary/aromatic N) is 1. The number of amides is 2. The van der Waals surface area contributed by atoms with E-state index in [0.29, 0.717) is 31.3 Å². The summed E-state index contributed by atoms with van der Waals surface area (Å²) in [5.41, 5.74) is 1.76. The normalized spacial score (nSPS) is 10.2. The summed E-state index contributed by atoms with van der Waals surface area (Å²) in [5.74, 6) is 1.19. The Bertz CT molecular complexity index is 612. The molecule has 0 aliphatic rings. The predicted octanol–water partition coefficient (Wildman–Crippen LogP) is 3.34. The Morgan fingerprint density at radius 3 is 2.61 bits per heavy atom. The van der Waals surface area contributed by atoms with Gasteiger partial charge < -0.3 is 20.1 Å². The van der Waals surface area contributed by atoms with E-state index in [1.807, 2.05) is 38.1 Å². The van der Waals surface area contributed by atoms with Gasteiger partial charge in [0.1, 0.15) is 5.75 Å². The molecule has 0 aliphatic heterocycles. The first-order valence-electron chi connectivity index (χ1n) is 7.50. The fraction of sp³-hybridized carbons (Fsp3) is 0.294. The van der Waals surface area contributed by atoms with Crippen LogP contribution in [0.4, 0.5) is 10.5 Å². The van der Waals surface area contributed by atoms with Gasteiger partial charge >= 0.3 is 6.03 Å². The molecule has 0 saturated carbocycles. The van der Waals surface area contributed by atoms with Gasteiger partial charge in [-0.2, -0.15) is 0 Å². The van der Waals surface area contributed by atoms with E-state index in [1.54, 1.807) is 18.3 Å². The Morgan fingerprint density at radius 1 is 1.17 bits per heavy atom. The van der Waals surface area contributed by atoms with Gasteiger partial charge in [0.05, 0.1) is 18.5 Å². The molecule has 2 aromatic rings. The lowest BCUT2D eigenvalue weighted by Crippen LogP contribution is -2.31. The number of ether oxygens (including phenoxy) is 2. The lowest BCUT2D eigenvalue weighted by molar-refractivity contribution is 0.150. The summed E-state index contributed by atoms with van der Waals surface area (Å²) in [4.78, 5) is 15.8. The molecule has 0 atom stereocenters. The summed E-state index contributed by atoms with van der Waals surface area (Å²) in [6.45, 7) is 5.51. The lowest BCUT2D eigenvalue weighted by atomic mass is 10.2. The van der Waals surface area contributed by atoms with Gasteiger partial charge in [0.25, 0.3) is 0 Å². The number of aromatic nitrogens is 1. The molecule has 0 radical (unpaired) electrons. The first kappa shape index (κ1) is 16.8. The standard InChI is InChI=1S/C17H21N3O3/c1-3-22-11-10-18-17(21)20-14-6-9-16(19-12-14)23-15-7-4-13(2)5-8-15/h4-9,12H,3,10-11H2,1-2H3,(H2,18,20,21). The van der Waals surface area contributed by atoms with Crippen LogP contribution < -0.4 is 15.4 Å². The van der Waals surface area contributed by atoms with Gasteiger partial charge in [-0.05, 0) is 32.0 Å². The number of aryl methyl sites for hydroxylation is 1. The van der Waals surface area contributed by atoms with Crippen LogP contribution in [0.25, 0.3) is 0 Å². The quantitative estimate of drug-likeness (QED) is 0.769. The Morgan fingerprint density at radius 2 is 1.96 bits per heavy atom. The number of nitrogens with one attached hydrogen (secondary N) is 2. The van der Waals surface area contributed by atoms with Crippen LogP contribution in [-0.4, -0.2) is 30.8 Å². The van der Waals surface area contributed by atoms with Gasteiger partial charge in [0.2, 0.25) is 5.88 Å². The number of anilines is 1. The second kappa shape index (κ2) is 8.75. The van der Waals surface area contributed by atoms with Crippen LogP contribution in [0.5, 0.6) is 11.6 Å². The first-order valence-corrected chi connectivity index (χ1v) is 7.50. The number of urea groups is 1. The van der Waals surface area contributed by atoms with Gasteiger partial charge in [-0.15, -0.1) is 0 Å². The molecule has 0 aliphatic carbocycles. The monoisotopic (exact) mass is 315 g/mol. The van der Waals surface area contributed by atoms with E-state index in [-0.39, 0.29) is 6.03 Å². The van der Waals surface area contributed by atoms with Crippen molar-refractivity contribution in [1.82, 2.24) is 10.3 Å². The molecule has 0 unspecified atom stereocenters. The minimum Gasteiger partial charge on any atom is -0.439 e. The molecule has 6 nitrogen and oxygen atoms in total. The van der Waals surface area contributed by atoms with Crippen LogP contribution in [0.3, 0.4) is 0 Å². The summed E-state index contributed by atoms with van der Waals surface area (Å²) in [5, 5.41) is 5.39. The van der Waals surface area contributed by atoms with Crippen molar-refractivity contribution < 1.29 is 14.3 Å². The van der Waals surface area contributed by atoms with E-state index >= 15 is 0 Å². The highest BCUT2D eigenvalue weighted by atomic mass is 16.5. The summed E-state index contributed by atoms with van der Waals surface area (Å²) in [6.07, 6.45) is 1.55. The van der Waals surface area contributed by atoms with Crippen LogP contribution in [0.2, 0.25) is 0 Å². The highest BCUT2D eigenvalue weighted by Gasteiger charge is 2.03. The van der Waals surface area contributed by atoms with Gasteiger partial charge in [-0.1, -0.05) is 17.7 Å². The van der Waals surface area contributed by atoms with Crippen molar-refractivity contribution in [2.75, 3.05) is 25.1 Å². The number of carbonyl (C=O) groups is 1. The van der Waals surface area contributed by atoms with E-state index in [0.717, 1.165) is 5.75 Å². The third kappa shape index (κ3) is 5.96. The number of rotatable bonds is 7. The van der Waals surface area contributed by atoms with Crippen LogP contribution in [0, 0.1) is 6.92 Å². The predicted molar refractivity (Wildman–Crippen MR) is 89.0 cm³/mol. The zero-order chi connectivity index (χ0) is 16.5. The van der Waals surface area contributed by atoms with Crippen molar-refractivity contribution in [3.8, 4) is 11.6 Å². The van der Waals surface area contributed by atoms with E-state index in [2.05, 4.69) is 15.6 Å². The van der Waals surface area contributed by atoms with Crippen molar-refractivity contribution in [1.29, 1.82) is 0 Å². The Balaban J connectivity index is 1.82. The molecule has 0 fully saturated rings. The number of carbonyl (C=O) groups excluding carboxylic acids is 1. The molecule has 0 bridgehead atoms. The molecule has 1 heterocycles. The van der Waals surface area contributed by atoms with Crippen LogP contribution in [0.1, 0.15) is 12.5 Å². The number of pyridine rings is 1. The van der Waals surface area contributed by atoms with Gasteiger partial charge in [-0.25, -0.2) is 9.78 Å². The lowest BCUT2D eigenvalue weighted by Gasteiger charge is -2.08. The highest BCUT2D eigenvalue weighted by Crippen LogP contribution is 2.20. The van der Waals surface area contributed by atoms with Crippen LogP contribution in [-0.2, 0) is 4.74 Å². The topological polar surface area (TPSA) is 72.5 Å². The average molecular weight is 315 g/mol. The second-order valence-corrected chi connectivity index (χ2v) is 4.88. The molecule has 1 aromatic heterocycles. The molecule has 2 N–H and O–H groups in total. The van der Waals surface area contributed by atoms with Crippen molar-refractivity contribution in [3.63, 3.8) is 0 Å². The maximum absolute atomic E-state index is 11.6. The minimum atomic E-state index is -0.293. The zero-order valence-electron chi connectivity index (χ0n) is 13.3. The molecule has 6 heteroatoms. The highest BCUT2D eigenvalue weighted by molar-refractivity contribution is 5.88. The van der Waals surface area contributed by atoms with Crippen LogP contribution in [0.15, 0.2) is 42.6 Å². The van der Waals surface area contributed by atoms with Gasteiger partial charge in [-0.3, -0.25) is 0 Å². The van der Waals surface area contributed by atoms with Gasteiger partial charge in [0, 0.05) is 19.2 Å². The molecule has 122 valence electrons. The van der Waals surface area contributed by atoms with E-state index in [4.69, 9.17) is 9.47 Å². The maximum Gasteiger partial charge on any atom is 0.319 e.